The summed E-state index contributed by atoms with van der Waals surface area (Å²) < 4.78 is 15.5. The first-order valence-electron chi connectivity index (χ1n) is 7.52. The van der Waals surface area contributed by atoms with Gasteiger partial charge in [-0.05, 0) is 24.7 Å². The van der Waals surface area contributed by atoms with Crippen LogP contribution in [0, 0.1) is 0 Å². The van der Waals surface area contributed by atoms with Crippen molar-refractivity contribution in [3.8, 4) is 11.5 Å². The van der Waals surface area contributed by atoms with Crippen molar-refractivity contribution in [3.63, 3.8) is 0 Å². The van der Waals surface area contributed by atoms with Gasteiger partial charge in [0.2, 0.25) is 0 Å². The molecule has 0 saturated heterocycles. The number of guanidine groups is 1. The smallest absolute Gasteiger partial charge is 0.188 e. The Balaban J connectivity index is 0.00000529. The minimum absolute atomic E-state index is 0. The van der Waals surface area contributed by atoms with Crippen LogP contribution in [0.1, 0.15) is 5.56 Å². The maximum absolute atomic E-state index is 5.87. The number of halogens is 1. The van der Waals surface area contributed by atoms with Gasteiger partial charge >= 0.3 is 0 Å². The molecule has 0 saturated carbocycles. The van der Waals surface area contributed by atoms with Crippen molar-refractivity contribution < 1.29 is 14.2 Å². The number of ether oxygens (including phenoxy) is 3. The highest BCUT2D eigenvalue weighted by Crippen LogP contribution is 2.27. The maximum atomic E-state index is 5.87. The predicted octanol–water partition coefficient (Wildman–Crippen LogP) is 1.30. The average Bonchev–Trinajstić information content (AvgIpc) is 2.57. The summed E-state index contributed by atoms with van der Waals surface area (Å²) in [6.07, 6.45) is 0. The lowest BCUT2D eigenvalue weighted by Crippen LogP contribution is -2.38. The van der Waals surface area contributed by atoms with E-state index in [-0.39, 0.29) is 24.0 Å². The van der Waals surface area contributed by atoms with Crippen LogP contribution >= 0.6 is 24.0 Å². The molecule has 24 heavy (non-hydrogen) atoms. The summed E-state index contributed by atoms with van der Waals surface area (Å²) >= 11 is 0. The van der Waals surface area contributed by atoms with Gasteiger partial charge in [0.1, 0.15) is 0 Å². The Hall–Kier alpha value is -1.26. The second kappa shape index (κ2) is 13.1. The number of hydrogen-bond acceptors (Lipinski definition) is 5. The van der Waals surface area contributed by atoms with Gasteiger partial charge in [0, 0.05) is 26.7 Å². The Labute approximate surface area is 161 Å². The fourth-order valence-electron chi connectivity index (χ4n) is 1.95. The lowest BCUT2D eigenvalue weighted by Gasteiger charge is -2.16. The molecular formula is C16H29IN4O3. The molecule has 0 aliphatic carbocycles. The SMILES string of the molecule is COCCN(C)CCNC(N)=NCc1ccc(OC)c(OC)c1.I. The molecule has 0 bridgehead atoms. The van der Waals surface area contributed by atoms with Gasteiger partial charge in [-0.1, -0.05) is 6.07 Å². The Bertz CT molecular complexity index is 500. The van der Waals surface area contributed by atoms with Crippen LogP contribution in [0.2, 0.25) is 0 Å². The number of likely N-dealkylation sites (N-methyl/N-ethyl adjacent to an activating group) is 1. The molecule has 7 nitrogen and oxygen atoms in total. The molecule has 0 spiro atoms. The Morgan fingerprint density at radius 1 is 1.17 bits per heavy atom. The number of nitrogens with zero attached hydrogens (tertiary/aromatic N) is 2. The van der Waals surface area contributed by atoms with Crippen molar-refractivity contribution in [1.29, 1.82) is 0 Å². The van der Waals surface area contributed by atoms with E-state index in [1.807, 2.05) is 25.2 Å². The summed E-state index contributed by atoms with van der Waals surface area (Å²) in [6, 6.07) is 5.70. The molecule has 0 heterocycles. The zero-order valence-electron chi connectivity index (χ0n) is 14.9. The highest BCUT2D eigenvalue weighted by atomic mass is 127. The molecule has 0 aliphatic rings. The van der Waals surface area contributed by atoms with Gasteiger partial charge < -0.3 is 30.2 Å². The van der Waals surface area contributed by atoms with E-state index in [0.717, 1.165) is 31.8 Å². The van der Waals surface area contributed by atoms with E-state index < -0.39 is 0 Å². The molecule has 0 amide bonds. The topological polar surface area (TPSA) is 81.3 Å². The number of rotatable bonds is 10. The molecule has 0 aliphatic heterocycles. The number of methoxy groups -OCH3 is 3. The van der Waals surface area contributed by atoms with Gasteiger partial charge in [-0.3, -0.25) is 0 Å². The minimum Gasteiger partial charge on any atom is -0.493 e. The van der Waals surface area contributed by atoms with Gasteiger partial charge in [-0.25, -0.2) is 4.99 Å². The monoisotopic (exact) mass is 452 g/mol. The summed E-state index contributed by atoms with van der Waals surface area (Å²) in [5.41, 5.74) is 6.88. The lowest BCUT2D eigenvalue weighted by atomic mass is 10.2. The van der Waals surface area contributed by atoms with Crippen LogP contribution in [0.25, 0.3) is 0 Å². The lowest BCUT2D eigenvalue weighted by molar-refractivity contribution is 0.162. The van der Waals surface area contributed by atoms with Crippen molar-refractivity contribution >= 4 is 29.9 Å². The quantitative estimate of drug-likeness (QED) is 0.317. The second-order valence-electron chi connectivity index (χ2n) is 5.11. The summed E-state index contributed by atoms with van der Waals surface area (Å²) in [7, 11) is 6.96. The van der Waals surface area contributed by atoms with Crippen molar-refractivity contribution in [2.75, 3.05) is 54.6 Å². The second-order valence-corrected chi connectivity index (χ2v) is 5.11. The molecule has 138 valence electrons. The highest BCUT2D eigenvalue weighted by Gasteiger charge is 2.04. The first-order chi connectivity index (χ1) is 11.1. The first kappa shape index (κ1) is 22.7. The van der Waals surface area contributed by atoms with E-state index >= 15 is 0 Å². The van der Waals surface area contributed by atoms with E-state index in [2.05, 4.69) is 15.2 Å². The van der Waals surface area contributed by atoms with E-state index in [4.69, 9.17) is 19.9 Å². The predicted molar refractivity (Wildman–Crippen MR) is 108 cm³/mol. The highest BCUT2D eigenvalue weighted by molar-refractivity contribution is 14.0. The normalized spacial score (nSPS) is 11.1. The third-order valence-corrected chi connectivity index (χ3v) is 3.36. The molecule has 0 unspecified atom stereocenters. The number of benzene rings is 1. The van der Waals surface area contributed by atoms with Gasteiger partial charge in [0.15, 0.2) is 17.5 Å². The van der Waals surface area contributed by atoms with Crippen LogP contribution in [-0.4, -0.2) is 65.5 Å². The maximum Gasteiger partial charge on any atom is 0.188 e. The molecule has 0 fully saturated rings. The number of hydrogen-bond donors (Lipinski definition) is 2. The minimum atomic E-state index is 0. The summed E-state index contributed by atoms with van der Waals surface area (Å²) in [4.78, 5) is 6.49. The third kappa shape index (κ3) is 8.55. The van der Waals surface area contributed by atoms with Crippen LogP contribution in [0.3, 0.4) is 0 Å². The molecule has 1 aromatic rings. The molecule has 3 N–H and O–H groups in total. The van der Waals surface area contributed by atoms with Gasteiger partial charge in [-0.15, -0.1) is 24.0 Å². The van der Waals surface area contributed by atoms with E-state index in [1.54, 1.807) is 21.3 Å². The molecule has 0 aromatic heterocycles. The Kier molecular flexibility index (Phi) is 12.4. The molecule has 1 rings (SSSR count). The summed E-state index contributed by atoms with van der Waals surface area (Å²) in [6.45, 7) is 3.70. The third-order valence-electron chi connectivity index (χ3n) is 3.36. The van der Waals surface area contributed by atoms with Gasteiger partial charge in [0.25, 0.3) is 0 Å². The molecule has 0 atom stereocenters. The number of nitrogens with one attached hydrogen (secondary N) is 1. The van der Waals surface area contributed by atoms with E-state index in [0.29, 0.717) is 24.0 Å². The van der Waals surface area contributed by atoms with E-state index in [9.17, 15) is 0 Å². The molecule has 0 radical (unpaired) electrons. The largest absolute Gasteiger partial charge is 0.493 e. The molecular weight excluding hydrogens is 423 g/mol. The summed E-state index contributed by atoms with van der Waals surface area (Å²) in [5.74, 6) is 1.82. The van der Waals surface area contributed by atoms with Crippen LogP contribution in [0.5, 0.6) is 11.5 Å². The average molecular weight is 452 g/mol. The van der Waals surface area contributed by atoms with Crippen molar-refractivity contribution in [3.05, 3.63) is 23.8 Å². The van der Waals surface area contributed by atoms with Crippen molar-refractivity contribution in [2.45, 2.75) is 6.54 Å². The zero-order chi connectivity index (χ0) is 17.1. The van der Waals surface area contributed by atoms with Crippen molar-refractivity contribution in [2.24, 2.45) is 10.7 Å². The molecule has 8 heteroatoms. The zero-order valence-corrected chi connectivity index (χ0v) is 17.2. The molecule has 1 aromatic carbocycles. The van der Waals surface area contributed by atoms with Crippen LogP contribution in [-0.2, 0) is 11.3 Å². The number of nitrogens with two attached hydrogens (primary N) is 1. The summed E-state index contributed by atoms with van der Waals surface area (Å²) in [5, 5.41) is 3.10. The Morgan fingerprint density at radius 3 is 2.50 bits per heavy atom. The standard InChI is InChI=1S/C16H28N4O3.HI/c1-20(9-10-21-2)8-7-18-16(17)19-12-13-5-6-14(22-3)15(11-13)23-4;/h5-6,11H,7-10,12H2,1-4H3,(H3,17,18,19);1H. The van der Waals surface area contributed by atoms with Gasteiger partial charge in [-0.2, -0.15) is 0 Å². The van der Waals surface area contributed by atoms with Crippen LogP contribution in [0.4, 0.5) is 0 Å². The van der Waals surface area contributed by atoms with Crippen LogP contribution < -0.4 is 20.5 Å². The Morgan fingerprint density at radius 2 is 1.88 bits per heavy atom. The van der Waals surface area contributed by atoms with Crippen LogP contribution in [0.15, 0.2) is 23.2 Å². The number of aliphatic imine (C=N–C) groups is 1. The fraction of sp³-hybridized carbons (Fsp3) is 0.562. The first-order valence-corrected chi connectivity index (χ1v) is 7.52. The van der Waals surface area contributed by atoms with Crippen molar-refractivity contribution in [1.82, 2.24) is 10.2 Å². The fourth-order valence-corrected chi connectivity index (χ4v) is 1.95. The van der Waals surface area contributed by atoms with Gasteiger partial charge in [0.05, 0.1) is 27.4 Å². The van der Waals surface area contributed by atoms with E-state index in [1.165, 1.54) is 0 Å².